The third-order valence-electron chi connectivity index (χ3n) is 3.88. The van der Waals surface area contributed by atoms with E-state index in [2.05, 4.69) is 0 Å². The molecule has 1 aliphatic rings. The Morgan fingerprint density at radius 1 is 1.23 bits per heavy atom. The SMILES string of the molecule is NCCC1CCCN(S(=O)(=O)c2ccc(C(F)(F)F)cc2)C1. The molecule has 22 heavy (non-hydrogen) atoms. The van der Waals surface area contributed by atoms with Crippen LogP contribution < -0.4 is 5.73 Å². The van der Waals surface area contributed by atoms with Gasteiger partial charge in [-0.1, -0.05) is 0 Å². The molecule has 0 aromatic heterocycles. The average Bonchev–Trinajstić information content (AvgIpc) is 2.47. The van der Waals surface area contributed by atoms with E-state index >= 15 is 0 Å². The number of benzene rings is 1. The second-order valence-corrected chi connectivity index (χ2v) is 7.41. The van der Waals surface area contributed by atoms with Crippen molar-refractivity contribution in [2.24, 2.45) is 11.7 Å². The maximum absolute atomic E-state index is 12.5. The van der Waals surface area contributed by atoms with Crippen LogP contribution in [0.15, 0.2) is 29.2 Å². The second-order valence-electron chi connectivity index (χ2n) is 5.47. The summed E-state index contributed by atoms with van der Waals surface area (Å²) in [5.41, 5.74) is 4.65. The fourth-order valence-electron chi connectivity index (χ4n) is 2.68. The molecule has 8 heteroatoms. The molecule has 4 nitrogen and oxygen atoms in total. The van der Waals surface area contributed by atoms with Gasteiger partial charge < -0.3 is 5.73 Å². The summed E-state index contributed by atoms with van der Waals surface area (Å²) < 4.78 is 64.0. The van der Waals surface area contributed by atoms with Gasteiger partial charge in [0.2, 0.25) is 10.0 Å². The normalized spacial score (nSPS) is 21.0. The first kappa shape index (κ1) is 17.2. The number of nitrogens with zero attached hydrogens (tertiary/aromatic N) is 1. The highest BCUT2D eigenvalue weighted by Crippen LogP contribution is 2.31. The van der Waals surface area contributed by atoms with Crippen molar-refractivity contribution in [3.8, 4) is 0 Å². The van der Waals surface area contributed by atoms with Crippen LogP contribution in [0, 0.1) is 5.92 Å². The number of hydrogen-bond donors (Lipinski definition) is 1. The number of hydrogen-bond acceptors (Lipinski definition) is 3. The number of halogens is 3. The molecular weight excluding hydrogens is 317 g/mol. The highest BCUT2D eigenvalue weighted by atomic mass is 32.2. The van der Waals surface area contributed by atoms with Gasteiger partial charge in [0.1, 0.15) is 0 Å². The van der Waals surface area contributed by atoms with Crippen LogP contribution >= 0.6 is 0 Å². The van der Waals surface area contributed by atoms with Gasteiger partial charge in [-0.3, -0.25) is 0 Å². The van der Waals surface area contributed by atoms with E-state index in [1.807, 2.05) is 0 Å². The standard InChI is InChI=1S/C14H19F3N2O2S/c15-14(16,17)12-3-5-13(6-4-12)22(20,21)19-9-1-2-11(10-19)7-8-18/h3-6,11H,1-2,7-10,18H2. The van der Waals surface area contributed by atoms with Crippen LogP contribution in [0.4, 0.5) is 13.2 Å². The van der Waals surface area contributed by atoms with Crippen LogP contribution in [-0.4, -0.2) is 32.4 Å². The molecule has 1 aliphatic heterocycles. The summed E-state index contributed by atoms with van der Waals surface area (Å²) in [6.45, 7) is 1.27. The highest BCUT2D eigenvalue weighted by molar-refractivity contribution is 7.89. The zero-order valence-electron chi connectivity index (χ0n) is 12.0. The molecule has 0 bridgehead atoms. The van der Waals surface area contributed by atoms with Crippen LogP contribution in [-0.2, 0) is 16.2 Å². The Kier molecular flexibility index (Phi) is 5.14. The van der Waals surface area contributed by atoms with Crippen LogP contribution in [0.5, 0.6) is 0 Å². The van der Waals surface area contributed by atoms with Gasteiger partial charge in [0.15, 0.2) is 0 Å². The third kappa shape index (κ3) is 3.80. The molecule has 2 rings (SSSR count). The zero-order chi connectivity index (χ0) is 16.4. The monoisotopic (exact) mass is 336 g/mol. The number of rotatable bonds is 4. The van der Waals surface area contributed by atoms with Gasteiger partial charge in [-0.2, -0.15) is 17.5 Å². The van der Waals surface area contributed by atoms with Crippen molar-refractivity contribution in [3.63, 3.8) is 0 Å². The van der Waals surface area contributed by atoms with E-state index in [1.165, 1.54) is 4.31 Å². The summed E-state index contributed by atoms with van der Waals surface area (Å²) in [7, 11) is -3.75. The van der Waals surface area contributed by atoms with Gasteiger partial charge in [-0.05, 0) is 56.0 Å². The Hall–Kier alpha value is -1.12. The van der Waals surface area contributed by atoms with Gasteiger partial charge in [-0.15, -0.1) is 0 Å². The van der Waals surface area contributed by atoms with E-state index in [0.717, 1.165) is 43.5 Å². The quantitative estimate of drug-likeness (QED) is 0.919. The molecule has 1 aromatic carbocycles. The van der Waals surface area contributed by atoms with E-state index < -0.39 is 21.8 Å². The Morgan fingerprint density at radius 3 is 2.41 bits per heavy atom. The molecule has 124 valence electrons. The van der Waals surface area contributed by atoms with E-state index in [-0.39, 0.29) is 10.8 Å². The molecule has 0 amide bonds. The third-order valence-corrected chi connectivity index (χ3v) is 5.76. The number of alkyl halides is 3. The van der Waals surface area contributed by atoms with Gasteiger partial charge in [0, 0.05) is 13.1 Å². The van der Waals surface area contributed by atoms with Gasteiger partial charge in [0.05, 0.1) is 10.5 Å². The lowest BCUT2D eigenvalue weighted by Gasteiger charge is -2.31. The van der Waals surface area contributed by atoms with E-state index in [0.29, 0.717) is 19.6 Å². The number of piperidine rings is 1. The Bertz CT molecular complexity index is 598. The molecule has 1 heterocycles. The minimum absolute atomic E-state index is 0.103. The number of sulfonamides is 1. The van der Waals surface area contributed by atoms with Crippen LogP contribution in [0.1, 0.15) is 24.8 Å². The fourth-order valence-corrected chi connectivity index (χ4v) is 4.24. The summed E-state index contributed by atoms with van der Waals surface area (Å²) in [5.74, 6) is 0.211. The molecule has 2 N–H and O–H groups in total. The lowest BCUT2D eigenvalue weighted by atomic mass is 9.96. The summed E-state index contributed by atoms with van der Waals surface area (Å²) in [6, 6.07) is 3.64. The minimum Gasteiger partial charge on any atom is -0.330 e. The predicted octanol–water partition coefficient (Wildman–Crippen LogP) is 2.45. The number of nitrogens with two attached hydrogens (primary N) is 1. The Labute approximate surface area is 128 Å². The van der Waals surface area contributed by atoms with Crippen molar-refractivity contribution in [2.75, 3.05) is 19.6 Å². The second kappa shape index (κ2) is 6.55. The first-order valence-corrected chi connectivity index (χ1v) is 8.56. The van der Waals surface area contributed by atoms with Gasteiger partial charge in [0.25, 0.3) is 0 Å². The molecule has 1 aromatic rings. The maximum Gasteiger partial charge on any atom is 0.416 e. The fraction of sp³-hybridized carbons (Fsp3) is 0.571. The van der Waals surface area contributed by atoms with Crippen molar-refractivity contribution in [3.05, 3.63) is 29.8 Å². The lowest BCUT2D eigenvalue weighted by molar-refractivity contribution is -0.137. The van der Waals surface area contributed by atoms with E-state index in [9.17, 15) is 21.6 Å². The van der Waals surface area contributed by atoms with Crippen LogP contribution in [0.3, 0.4) is 0 Å². The van der Waals surface area contributed by atoms with Crippen molar-refractivity contribution >= 4 is 10.0 Å². The summed E-state index contributed by atoms with van der Waals surface area (Å²) in [6.07, 6.45) is -2.06. The first-order valence-electron chi connectivity index (χ1n) is 7.12. The Morgan fingerprint density at radius 2 is 1.86 bits per heavy atom. The first-order chi connectivity index (χ1) is 10.2. The summed E-state index contributed by atoms with van der Waals surface area (Å²) in [4.78, 5) is -0.103. The molecule has 0 saturated carbocycles. The smallest absolute Gasteiger partial charge is 0.330 e. The molecule has 0 spiro atoms. The van der Waals surface area contributed by atoms with Crippen LogP contribution in [0.2, 0.25) is 0 Å². The molecule has 1 atom stereocenters. The van der Waals surface area contributed by atoms with Crippen LogP contribution in [0.25, 0.3) is 0 Å². The van der Waals surface area contributed by atoms with Crippen molar-refractivity contribution in [1.29, 1.82) is 0 Å². The largest absolute Gasteiger partial charge is 0.416 e. The van der Waals surface area contributed by atoms with E-state index in [4.69, 9.17) is 5.73 Å². The van der Waals surface area contributed by atoms with Crippen molar-refractivity contribution < 1.29 is 21.6 Å². The molecule has 1 fully saturated rings. The molecular formula is C14H19F3N2O2S. The zero-order valence-corrected chi connectivity index (χ0v) is 12.8. The molecule has 1 saturated heterocycles. The van der Waals surface area contributed by atoms with Gasteiger partial charge in [-0.25, -0.2) is 8.42 Å². The highest BCUT2D eigenvalue weighted by Gasteiger charge is 2.33. The summed E-state index contributed by atoms with van der Waals surface area (Å²) in [5, 5.41) is 0. The topological polar surface area (TPSA) is 63.4 Å². The molecule has 1 unspecified atom stereocenters. The Balaban J connectivity index is 2.19. The van der Waals surface area contributed by atoms with Crippen molar-refractivity contribution in [1.82, 2.24) is 4.31 Å². The minimum atomic E-state index is -4.47. The van der Waals surface area contributed by atoms with Gasteiger partial charge >= 0.3 is 6.18 Å². The predicted molar refractivity (Wildman–Crippen MR) is 76.6 cm³/mol. The van der Waals surface area contributed by atoms with Crippen molar-refractivity contribution in [2.45, 2.75) is 30.3 Å². The lowest BCUT2D eigenvalue weighted by Crippen LogP contribution is -2.40. The average molecular weight is 336 g/mol. The van der Waals surface area contributed by atoms with E-state index in [1.54, 1.807) is 0 Å². The molecule has 0 aliphatic carbocycles. The summed E-state index contributed by atoms with van der Waals surface area (Å²) >= 11 is 0. The molecule has 0 radical (unpaired) electrons. The maximum atomic E-state index is 12.5.